The molecular formula is C25H23N3O. The van der Waals surface area contributed by atoms with Crippen molar-refractivity contribution in [3.8, 4) is 11.8 Å². The Balaban J connectivity index is 1.73. The molecule has 1 aliphatic rings. The number of fused-ring (bicyclic) bond motifs is 1. The lowest BCUT2D eigenvalue weighted by Crippen LogP contribution is -2.21. The van der Waals surface area contributed by atoms with Crippen LogP contribution >= 0.6 is 0 Å². The number of benzene rings is 3. The number of nitrogens with two attached hydrogens (primary N) is 1. The summed E-state index contributed by atoms with van der Waals surface area (Å²) in [4.78, 5) is 0. The highest BCUT2D eigenvalue weighted by Crippen LogP contribution is 2.43. The lowest BCUT2D eigenvalue weighted by Gasteiger charge is -2.27. The van der Waals surface area contributed by atoms with E-state index < -0.39 is 0 Å². The highest BCUT2D eigenvalue weighted by molar-refractivity contribution is 5.65. The summed E-state index contributed by atoms with van der Waals surface area (Å²) in [5.74, 6) is 1.04. The number of ether oxygens (including phenoxy) is 1. The van der Waals surface area contributed by atoms with Gasteiger partial charge in [0.25, 0.3) is 0 Å². The molecule has 3 aromatic rings. The molecule has 0 fully saturated rings. The van der Waals surface area contributed by atoms with E-state index in [4.69, 9.17) is 10.5 Å². The van der Waals surface area contributed by atoms with E-state index in [0.29, 0.717) is 17.2 Å². The molecule has 0 amide bonds. The van der Waals surface area contributed by atoms with Gasteiger partial charge >= 0.3 is 0 Å². The van der Waals surface area contributed by atoms with Crippen molar-refractivity contribution >= 4 is 11.4 Å². The highest BCUT2D eigenvalue weighted by atomic mass is 16.5. The summed E-state index contributed by atoms with van der Waals surface area (Å²) in [6.45, 7) is 4.33. The van der Waals surface area contributed by atoms with Gasteiger partial charge in [0.2, 0.25) is 5.88 Å². The lowest BCUT2D eigenvalue weighted by molar-refractivity contribution is 0.394. The van der Waals surface area contributed by atoms with E-state index >= 15 is 0 Å². The summed E-state index contributed by atoms with van der Waals surface area (Å²) in [5.41, 5.74) is 11.7. The van der Waals surface area contributed by atoms with Crippen LogP contribution in [0.3, 0.4) is 0 Å². The standard InChI is InChI=1S/C25H23N3O/c1-16(2)17-8-10-18(11-9-17)24-21-13-12-20(28-19-6-4-3-5-7-19)14-23(21)29-25(27)22(24)15-26/h3-14,16,24,28H,27H2,1-2H3/t24-/m0/s1. The smallest absolute Gasteiger partial charge is 0.205 e. The SMILES string of the molecule is CC(C)c1ccc([C@@H]2C(C#N)=C(N)Oc3cc(Nc4ccccc4)ccc32)cc1. The first kappa shape index (κ1) is 18.6. The van der Waals surface area contributed by atoms with E-state index in [1.165, 1.54) is 5.56 Å². The molecule has 1 heterocycles. The summed E-state index contributed by atoms with van der Waals surface area (Å²) in [7, 11) is 0. The average Bonchev–Trinajstić information content (AvgIpc) is 2.73. The number of nitrogens with zero attached hydrogens (tertiary/aromatic N) is 1. The lowest BCUT2D eigenvalue weighted by atomic mass is 9.83. The van der Waals surface area contributed by atoms with Gasteiger partial charge in [-0.3, -0.25) is 0 Å². The number of nitriles is 1. The van der Waals surface area contributed by atoms with Crippen molar-refractivity contribution in [2.45, 2.75) is 25.7 Å². The van der Waals surface area contributed by atoms with Gasteiger partial charge in [-0.05, 0) is 35.2 Å². The van der Waals surface area contributed by atoms with E-state index in [-0.39, 0.29) is 11.8 Å². The van der Waals surface area contributed by atoms with Gasteiger partial charge in [0.05, 0.1) is 5.92 Å². The summed E-state index contributed by atoms with van der Waals surface area (Å²) < 4.78 is 5.82. The minimum absolute atomic E-state index is 0.162. The quantitative estimate of drug-likeness (QED) is 0.602. The third kappa shape index (κ3) is 3.68. The molecule has 0 saturated heterocycles. The largest absolute Gasteiger partial charge is 0.440 e. The molecule has 0 spiro atoms. The number of hydrogen-bond acceptors (Lipinski definition) is 4. The molecule has 4 heteroatoms. The first-order valence-electron chi connectivity index (χ1n) is 9.70. The Labute approximate surface area is 171 Å². The van der Waals surface area contributed by atoms with Crippen LogP contribution in [-0.4, -0.2) is 0 Å². The van der Waals surface area contributed by atoms with Gasteiger partial charge < -0.3 is 15.8 Å². The number of nitrogens with one attached hydrogen (secondary N) is 1. The maximum absolute atomic E-state index is 9.73. The van der Waals surface area contributed by atoms with Gasteiger partial charge in [-0.25, -0.2) is 0 Å². The zero-order chi connectivity index (χ0) is 20.4. The second-order valence-electron chi connectivity index (χ2n) is 7.49. The summed E-state index contributed by atoms with van der Waals surface area (Å²) in [6, 6.07) is 26.5. The molecular weight excluding hydrogens is 358 g/mol. The first-order chi connectivity index (χ1) is 14.1. The summed E-state index contributed by atoms with van der Waals surface area (Å²) in [6.07, 6.45) is 0. The van der Waals surface area contributed by atoms with Crippen LogP contribution in [0.4, 0.5) is 11.4 Å². The fourth-order valence-corrected chi connectivity index (χ4v) is 3.64. The Morgan fingerprint density at radius 1 is 0.966 bits per heavy atom. The Hall–Kier alpha value is -3.71. The van der Waals surface area contributed by atoms with Crippen LogP contribution in [0.25, 0.3) is 0 Å². The van der Waals surface area contributed by atoms with Crippen molar-refractivity contribution in [3.05, 3.63) is 101 Å². The minimum atomic E-state index is -0.240. The maximum Gasteiger partial charge on any atom is 0.205 e. The van der Waals surface area contributed by atoms with Gasteiger partial charge in [0, 0.05) is 23.0 Å². The predicted octanol–water partition coefficient (Wildman–Crippen LogP) is 5.77. The van der Waals surface area contributed by atoms with E-state index in [1.807, 2.05) is 48.5 Å². The van der Waals surface area contributed by atoms with Crippen molar-refractivity contribution in [1.29, 1.82) is 5.26 Å². The molecule has 0 aromatic heterocycles. The zero-order valence-electron chi connectivity index (χ0n) is 16.5. The molecule has 0 unspecified atom stereocenters. The Morgan fingerprint density at radius 2 is 1.69 bits per heavy atom. The van der Waals surface area contributed by atoms with E-state index in [9.17, 15) is 5.26 Å². The number of allylic oxidation sites excluding steroid dienone is 1. The maximum atomic E-state index is 9.73. The van der Waals surface area contributed by atoms with E-state index in [1.54, 1.807) is 0 Å². The van der Waals surface area contributed by atoms with E-state index in [0.717, 1.165) is 22.5 Å². The molecule has 3 aromatic carbocycles. The molecule has 0 radical (unpaired) electrons. The third-order valence-electron chi connectivity index (χ3n) is 5.22. The van der Waals surface area contributed by atoms with Crippen molar-refractivity contribution in [2.24, 2.45) is 5.73 Å². The average molecular weight is 381 g/mol. The fourth-order valence-electron chi connectivity index (χ4n) is 3.64. The summed E-state index contributed by atoms with van der Waals surface area (Å²) in [5, 5.41) is 13.1. The van der Waals surface area contributed by atoms with Crippen LogP contribution in [-0.2, 0) is 0 Å². The third-order valence-corrected chi connectivity index (χ3v) is 5.22. The molecule has 29 heavy (non-hydrogen) atoms. The van der Waals surface area contributed by atoms with Gasteiger partial charge in [0.1, 0.15) is 17.4 Å². The number of hydrogen-bond donors (Lipinski definition) is 2. The van der Waals surface area contributed by atoms with Gasteiger partial charge in [-0.1, -0.05) is 62.4 Å². The van der Waals surface area contributed by atoms with Crippen LogP contribution in [0, 0.1) is 11.3 Å². The Bertz CT molecular complexity index is 1090. The molecule has 4 rings (SSSR count). The van der Waals surface area contributed by atoms with Gasteiger partial charge in [-0.2, -0.15) is 5.26 Å². The zero-order valence-corrected chi connectivity index (χ0v) is 16.5. The normalized spacial score (nSPS) is 15.4. The molecule has 3 N–H and O–H groups in total. The van der Waals surface area contributed by atoms with Crippen molar-refractivity contribution in [2.75, 3.05) is 5.32 Å². The van der Waals surface area contributed by atoms with Crippen molar-refractivity contribution in [1.82, 2.24) is 0 Å². The second-order valence-corrected chi connectivity index (χ2v) is 7.49. The van der Waals surface area contributed by atoms with Crippen molar-refractivity contribution < 1.29 is 4.74 Å². The van der Waals surface area contributed by atoms with Crippen LogP contribution < -0.4 is 15.8 Å². The Morgan fingerprint density at radius 3 is 2.34 bits per heavy atom. The molecule has 1 atom stereocenters. The minimum Gasteiger partial charge on any atom is -0.440 e. The number of para-hydroxylation sites is 1. The molecule has 1 aliphatic heterocycles. The fraction of sp³-hybridized carbons (Fsp3) is 0.160. The molecule has 4 nitrogen and oxygen atoms in total. The number of rotatable bonds is 4. The van der Waals surface area contributed by atoms with Crippen LogP contribution in [0.1, 0.15) is 42.4 Å². The van der Waals surface area contributed by atoms with Crippen molar-refractivity contribution in [3.63, 3.8) is 0 Å². The molecule has 0 saturated carbocycles. The topological polar surface area (TPSA) is 71.1 Å². The van der Waals surface area contributed by atoms with Crippen LogP contribution in [0.2, 0.25) is 0 Å². The Kier molecular flexibility index (Phi) is 4.97. The van der Waals surface area contributed by atoms with Crippen LogP contribution in [0.5, 0.6) is 5.75 Å². The monoisotopic (exact) mass is 381 g/mol. The van der Waals surface area contributed by atoms with Crippen LogP contribution in [0.15, 0.2) is 84.3 Å². The summed E-state index contributed by atoms with van der Waals surface area (Å²) >= 11 is 0. The van der Waals surface area contributed by atoms with Gasteiger partial charge in [-0.15, -0.1) is 0 Å². The molecule has 0 bridgehead atoms. The number of anilines is 2. The molecule has 144 valence electrons. The second kappa shape index (κ2) is 7.73. The van der Waals surface area contributed by atoms with E-state index in [2.05, 4.69) is 49.5 Å². The highest BCUT2D eigenvalue weighted by Gasteiger charge is 2.30. The predicted molar refractivity (Wildman–Crippen MR) is 116 cm³/mol. The molecule has 0 aliphatic carbocycles. The first-order valence-corrected chi connectivity index (χ1v) is 9.70. The van der Waals surface area contributed by atoms with Gasteiger partial charge in [0.15, 0.2) is 0 Å².